The molecule has 1 amide bonds. The van der Waals surface area contributed by atoms with Gasteiger partial charge in [-0.1, -0.05) is 45.0 Å². The summed E-state index contributed by atoms with van der Waals surface area (Å²) in [7, 11) is 0. The van der Waals surface area contributed by atoms with Crippen LogP contribution in [0.25, 0.3) is 11.0 Å². The van der Waals surface area contributed by atoms with Gasteiger partial charge in [-0.05, 0) is 30.9 Å². The average Bonchev–Trinajstić information content (AvgIpc) is 3.00. The largest absolute Gasteiger partial charge is 0.385 e. The Bertz CT molecular complexity index is 821. The Hall–Kier alpha value is -2.51. The maximum Gasteiger partial charge on any atom is 0.320 e. The minimum atomic E-state index is -2.76. The summed E-state index contributed by atoms with van der Waals surface area (Å²) in [6.45, 7) is 7.95. The van der Waals surface area contributed by atoms with Crippen LogP contribution in [-0.4, -0.2) is 45.8 Å². The van der Waals surface area contributed by atoms with Crippen molar-refractivity contribution in [1.29, 1.82) is 0 Å². The van der Waals surface area contributed by atoms with Crippen molar-refractivity contribution in [2.45, 2.75) is 41.2 Å². The van der Waals surface area contributed by atoms with Gasteiger partial charge < -0.3 is 9.74 Å². The Labute approximate surface area is 164 Å². The topological polar surface area (TPSA) is 59.7 Å². The second-order valence-electron chi connectivity index (χ2n) is 7.61. The van der Waals surface area contributed by atoms with Crippen LogP contribution >= 0.6 is 0 Å². The molecule has 0 spiro atoms. The van der Waals surface area contributed by atoms with Crippen LogP contribution in [0.1, 0.15) is 47.0 Å². The number of carbonyl (C=O) groups excluding carboxylic acids is 1. The Balaban J connectivity index is 2.13. The standard InChI is InChI=1S/C20H28F2N4O2/c1-13(2)10-25(11-14(3)4)18(27)12-28-24-15(5)19-23-16-8-6-7-9-17(16)26(19)20(21)22/h6-9,13-14,20H,10-12H2,1-5H3/b24-15+. The fraction of sp³-hybridized carbons (Fsp3) is 0.550. The lowest BCUT2D eigenvalue weighted by Gasteiger charge is -2.25. The van der Waals surface area contributed by atoms with Crippen LogP contribution in [-0.2, 0) is 9.63 Å². The smallest absolute Gasteiger partial charge is 0.320 e. The number of imidazole rings is 1. The molecule has 0 radical (unpaired) electrons. The monoisotopic (exact) mass is 394 g/mol. The molecule has 0 unspecified atom stereocenters. The van der Waals surface area contributed by atoms with E-state index in [2.05, 4.69) is 10.1 Å². The van der Waals surface area contributed by atoms with E-state index in [1.807, 2.05) is 27.7 Å². The third-order valence-corrected chi connectivity index (χ3v) is 4.03. The lowest BCUT2D eigenvalue weighted by atomic mass is 10.1. The van der Waals surface area contributed by atoms with Crippen LogP contribution in [0.5, 0.6) is 0 Å². The van der Waals surface area contributed by atoms with Gasteiger partial charge >= 0.3 is 6.55 Å². The first-order valence-corrected chi connectivity index (χ1v) is 9.40. The Morgan fingerprint density at radius 1 is 1.18 bits per heavy atom. The SMILES string of the molecule is C/C(=N\OCC(=O)N(CC(C)C)CC(C)C)c1nc2ccccc2n1C(F)F. The zero-order valence-electron chi connectivity index (χ0n) is 17.0. The van der Waals surface area contributed by atoms with Crippen molar-refractivity contribution in [3.8, 4) is 0 Å². The van der Waals surface area contributed by atoms with Crippen LogP contribution in [0.2, 0.25) is 0 Å². The van der Waals surface area contributed by atoms with Crippen LogP contribution in [0.15, 0.2) is 29.4 Å². The van der Waals surface area contributed by atoms with Crippen molar-refractivity contribution < 1.29 is 18.4 Å². The molecule has 0 aliphatic carbocycles. The number of alkyl halides is 2. The van der Waals surface area contributed by atoms with E-state index in [-0.39, 0.29) is 24.1 Å². The van der Waals surface area contributed by atoms with Gasteiger partial charge in [0.05, 0.1) is 11.0 Å². The normalized spacial score (nSPS) is 12.4. The molecular formula is C20H28F2N4O2. The van der Waals surface area contributed by atoms with E-state index in [1.165, 1.54) is 6.92 Å². The van der Waals surface area contributed by atoms with Gasteiger partial charge in [-0.25, -0.2) is 4.98 Å². The molecule has 2 rings (SSSR count). The summed E-state index contributed by atoms with van der Waals surface area (Å²) in [6.07, 6.45) is 0. The van der Waals surface area contributed by atoms with Crippen LogP contribution in [0.4, 0.5) is 8.78 Å². The van der Waals surface area contributed by atoms with Crippen molar-refractivity contribution in [2.75, 3.05) is 19.7 Å². The van der Waals surface area contributed by atoms with Crippen molar-refractivity contribution in [3.63, 3.8) is 0 Å². The average molecular weight is 394 g/mol. The molecule has 0 aliphatic heterocycles. The number of hydrogen-bond acceptors (Lipinski definition) is 4. The molecule has 28 heavy (non-hydrogen) atoms. The molecule has 0 saturated carbocycles. The van der Waals surface area contributed by atoms with E-state index in [9.17, 15) is 13.6 Å². The van der Waals surface area contributed by atoms with E-state index < -0.39 is 6.55 Å². The third-order valence-electron chi connectivity index (χ3n) is 4.03. The molecule has 0 N–H and O–H groups in total. The van der Waals surface area contributed by atoms with E-state index >= 15 is 0 Å². The zero-order chi connectivity index (χ0) is 20.8. The highest BCUT2D eigenvalue weighted by Gasteiger charge is 2.20. The Morgan fingerprint density at radius 2 is 1.79 bits per heavy atom. The second-order valence-corrected chi connectivity index (χ2v) is 7.61. The minimum absolute atomic E-state index is 0.0184. The summed E-state index contributed by atoms with van der Waals surface area (Å²) in [4.78, 5) is 23.6. The number of para-hydroxylation sites is 2. The molecular weight excluding hydrogens is 366 g/mol. The molecule has 1 aromatic carbocycles. The van der Waals surface area contributed by atoms with Gasteiger partial charge in [-0.15, -0.1) is 0 Å². The number of nitrogens with zero attached hydrogens (tertiary/aromatic N) is 4. The number of oxime groups is 1. The summed E-state index contributed by atoms with van der Waals surface area (Å²) in [5.74, 6) is 0.504. The van der Waals surface area contributed by atoms with E-state index in [0.717, 1.165) is 4.57 Å². The zero-order valence-corrected chi connectivity index (χ0v) is 17.0. The quantitative estimate of drug-likeness (QED) is 0.470. The van der Waals surface area contributed by atoms with Gasteiger partial charge in [0.1, 0.15) is 5.71 Å². The molecule has 6 nitrogen and oxygen atoms in total. The molecule has 0 saturated heterocycles. The van der Waals surface area contributed by atoms with Crippen LogP contribution in [0.3, 0.4) is 0 Å². The molecule has 1 heterocycles. The maximum absolute atomic E-state index is 13.5. The van der Waals surface area contributed by atoms with Crippen molar-refractivity contribution in [2.24, 2.45) is 17.0 Å². The van der Waals surface area contributed by atoms with Gasteiger partial charge in [0, 0.05) is 13.1 Å². The highest BCUT2D eigenvalue weighted by Crippen LogP contribution is 2.23. The Kier molecular flexibility index (Phi) is 7.48. The molecule has 0 atom stereocenters. The molecule has 0 fully saturated rings. The molecule has 8 heteroatoms. The number of benzene rings is 1. The lowest BCUT2D eigenvalue weighted by molar-refractivity contribution is -0.137. The lowest BCUT2D eigenvalue weighted by Crippen LogP contribution is -2.39. The maximum atomic E-state index is 13.5. The summed E-state index contributed by atoms with van der Waals surface area (Å²) in [5.41, 5.74) is 0.949. The number of hydrogen-bond donors (Lipinski definition) is 0. The summed E-state index contributed by atoms with van der Waals surface area (Å²) in [6, 6.07) is 6.64. The van der Waals surface area contributed by atoms with Gasteiger partial charge in [0.25, 0.3) is 5.91 Å². The van der Waals surface area contributed by atoms with Gasteiger partial charge in [-0.3, -0.25) is 9.36 Å². The first kappa shape index (κ1) is 21.8. The van der Waals surface area contributed by atoms with Gasteiger partial charge in [0.2, 0.25) is 0 Å². The molecule has 0 bridgehead atoms. The minimum Gasteiger partial charge on any atom is -0.385 e. The molecule has 2 aromatic rings. The predicted octanol–water partition coefficient (Wildman–Crippen LogP) is 4.31. The van der Waals surface area contributed by atoms with E-state index in [0.29, 0.717) is 36.0 Å². The third kappa shape index (κ3) is 5.50. The summed E-state index contributed by atoms with van der Waals surface area (Å²) >= 11 is 0. The fourth-order valence-corrected chi connectivity index (χ4v) is 2.97. The molecule has 1 aromatic heterocycles. The number of fused-ring (bicyclic) bond motifs is 1. The summed E-state index contributed by atoms with van der Waals surface area (Å²) in [5, 5.41) is 3.87. The van der Waals surface area contributed by atoms with E-state index in [1.54, 1.807) is 29.2 Å². The number of rotatable bonds is 9. The van der Waals surface area contributed by atoms with Crippen LogP contribution in [0, 0.1) is 11.8 Å². The summed E-state index contributed by atoms with van der Waals surface area (Å²) < 4.78 is 27.8. The number of halogens is 2. The van der Waals surface area contributed by atoms with Crippen LogP contribution < -0.4 is 0 Å². The van der Waals surface area contributed by atoms with Crippen molar-refractivity contribution in [1.82, 2.24) is 14.5 Å². The number of carbonyl (C=O) groups is 1. The first-order chi connectivity index (χ1) is 13.2. The second kappa shape index (κ2) is 9.61. The van der Waals surface area contributed by atoms with Gasteiger partial charge in [-0.2, -0.15) is 8.78 Å². The number of aromatic nitrogens is 2. The first-order valence-electron chi connectivity index (χ1n) is 9.40. The predicted molar refractivity (Wildman–Crippen MR) is 105 cm³/mol. The molecule has 154 valence electrons. The highest BCUT2D eigenvalue weighted by molar-refractivity contribution is 5.98. The Morgan fingerprint density at radius 3 is 2.36 bits per heavy atom. The highest BCUT2D eigenvalue weighted by atomic mass is 19.3. The number of amides is 1. The van der Waals surface area contributed by atoms with Gasteiger partial charge in [0.15, 0.2) is 12.4 Å². The van der Waals surface area contributed by atoms with E-state index in [4.69, 9.17) is 4.84 Å². The van der Waals surface area contributed by atoms with Crippen molar-refractivity contribution >= 4 is 22.7 Å². The molecule has 0 aliphatic rings. The van der Waals surface area contributed by atoms with Crippen molar-refractivity contribution in [3.05, 3.63) is 30.1 Å². The fourth-order valence-electron chi connectivity index (χ4n) is 2.97.